The van der Waals surface area contributed by atoms with Gasteiger partial charge in [0.1, 0.15) is 11.5 Å². The number of nitrogens with zero attached hydrogens (tertiary/aromatic N) is 1. The van der Waals surface area contributed by atoms with E-state index in [-0.39, 0.29) is 24.2 Å². The highest BCUT2D eigenvalue weighted by molar-refractivity contribution is 6.03. The van der Waals surface area contributed by atoms with Crippen molar-refractivity contribution < 1.29 is 14.3 Å². The standard InChI is InChI=1S/C25H24N2O3/c1-17-8-13-23(18(2)14-17)27-16-19(15-24(27)28)25(29)26-20-9-11-22(12-10-20)30-21-6-4-3-5-7-21/h3-14,19H,15-16H2,1-2H3,(H,26,29)/t19-/m0/s1. The molecule has 0 radical (unpaired) electrons. The highest BCUT2D eigenvalue weighted by atomic mass is 16.5. The van der Waals surface area contributed by atoms with Gasteiger partial charge in [-0.05, 0) is 61.9 Å². The molecule has 1 aliphatic rings. The molecule has 0 aromatic heterocycles. The first-order chi connectivity index (χ1) is 14.5. The Morgan fingerprint density at radius 3 is 2.37 bits per heavy atom. The summed E-state index contributed by atoms with van der Waals surface area (Å²) in [6, 6.07) is 22.7. The third kappa shape index (κ3) is 4.35. The molecule has 1 aliphatic heterocycles. The van der Waals surface area contributed by atoms with Crippen LogP contribution in [0.2, 0.25) is 0 Å². The number of amides is 2. The summed E-state index contributed by atoms with van der Waals surface area (Å²) in [4.78, 5) is 27.0. The van der Waals surface area contributed by atoms with Crippen LogP contribution in [0.25, 0.3) is 0 Å². The number of hydrogen-bond donors (Lipinski definition) is 1. The van der Waals surface area contributed by atoms with Crippen LogP contribution < -0.4 is 15.0 Å². The third-order valence-corrected chi connectivity index (χ3v) is 5.24. The molecule has 152 valence electrons. The first-order valence-electron chi connectivity index (χ1n) is 10.0. The van der Waals surface area contributed by atoms with Crippen molar-refractivity contribution >= 4 is 23.2 Å². The number of aryl methyl sites for hydroxylation is 2. The van der Waals surface area contributed by atoms with Crippen molar-refractivity contribution in [3.8, 4) is 11.5 Å². The zero-order valence-corrected chi connectivity index (χ0v) is 17.1. The minimum absolute atomic E-state index is 0.0197. The molecule has 1 N–H and O–H groups in total. The second kappa shape index (κ2) is 8.41. The van der Waals surface area contributed by atoms with Gasteiger partial charge in [0.15, 0.2) is 0 Å². The van der Waals surface area contributed by atoms with E-state index >= 15 is 0 Å². The summed E-state index contributed by atoms with van der Waals surface area (Å²) in [6.45, 7) is 4.40. The Morgan fingerprint density at radius 1 is 0.967 bits per heavy atom. The molecule has 2 amide bonds. The topological polar surface area (TPSA) is 58.6 Å². The highest BCUT2D eigenvalue weighted by Gasteiger charge is 2.35. The maximum Gasteiger partial charge on any atom is 0.229 e. The van der Waals surface area contributed by atoms with Crippen LogP contribution in [0.3, 0.4) is 0 Å². The van der Waals surface area contributed by atoms with Gasteiger partial charge < -0.3 is 15.0 Å². The van der Waals surface area contributed by atoms with Crippen LogP contribution in [0.5, 0.6) is 11.5 Å². The molecule has 5 nitrogen and oxygen atoms in total. The van der Waals surface area contributed by atoms with E-state index in [1.54, 1.807) is 17.0 Å². The number of ether oxygens (including phenoxy) is 1. The molecule has 0 spiro atoms. The maximum atomic E-state index is 12.7. The van der Waals surface area contributed by atoms with E-state index in [0.29, 0.717) is 18.0 Å². The fourth-order valence-electron chi connectivity index (χ4n) is 3.70. The van der Waals surface area contributed by atoms with Crippen molar-refractivity contribution in [1.29, 1.82) is 0 Å². The number of para-hydroxylation sites is 1. The van der Waals surface area contributed by atoms with Crippen molar-refractivity contribution in [1.82, 2.24) is 0 Å². The molecule has 30 heavy (non-hydrogen) atoms. The highest BCUT2D eigenvalue weighted by Crippen LogP contribution is 2.29. The van der Waals surface area contributed by atoms with Crippen LogP contribution in [-0.2, 0) is 9.59 Å². The van der Waals surface area contributed by atoms with Gasteiger partial charge in [0.05, 0.1) is 5.92 Å². The second-order valence-corrected chi connectivity index (χ2v) is 7.62. The molecule has 0 bridgehead atoms. The Kier molecular flexibility index (Phi) is 5.53. The zero-order valence-electron chi connectivity index (χ0n) is 17.1. The van der Waals surface area contributed by atoms with E-state index in [1.807, 2.05) is 68.4 Å². The van der Waals surface area contributed by atoms with Gasteiger partial charge in [-0.25, -0.2) is 0 Å². The molecule has 0 aliphatic carbocycles. The number of carbonyl (C=O) groups is 2. The molecule has 0 unspecified atom stereocenters. The van der Waals surface area contributed by atoms with Crippen molar-refractivity contribution in [3.05, 3.63) is 83.9 Å². The van der Waals surface area contributed by atoms with Gasteiger partial charge in [0.25, 0.3) is 0 Å². The summed E-state index contributed by atoms with van der Waals surface area (Å²) in [7, 11) is 0. The van der Waals surface area contributed by atoms with E-state index in [4.69, 9.17) is 4.74 Å². The number of rotatable bonds is 5. The van der Waals surface area contributed by atoms with E-state index in [1.165, 1.54) is 0 Å². The predicted molar refractivity (Wildman–Crippen MR) is 118 cm³/mol. The van der Waals surface area contributed by atoms with Crippen LogP contribution in [-0.4, -0.2) is 18.4 Å². The molecule has 1 atom stereocenters. The summed E-state index contributed by atoms with van der Waals surface area (Å²) in [5.41, 5.74) is 3.75. The van der Waals surface area contributed by atoms with Crippen LogP contribution in [0.15, 0.2) is 72.8 Å². The first kappa shape index (κ1) is 19.7. The van der Waals surface area contributed by atoms with E-state index in [0.717, 1.165) is 22.6 Å². The SMILES string of the molecule is Cc1ccc(N2C[C@@H](C(=O)Nc3ccc(Oc4ccccc4)cc3)CC2=O)c(C)c1. The smallest absolute Gasteiger partial charge is 0.229 e. The van der Waals surface area contributed by atoms with Crippen LogP contribution in [0, 0.1) is 19.8 Å². The zero-order chi connectivity index (χ0) is 21.1. The monoisotopic (exact) mass is 400 g/mol. The Bertz CT molecular complexity index is 1060. The Hall–Kier alpha value is -3.60. The van der Waals surface area contributed by atoms with E-state index in [2.05, 4.69) is 11.4 Å². The van der Waals surface area contributed by atoms with Gasteiger partial charge in [0.2, 0.25) is 11.8 Å². The number of nitrogens with one attached hydrogen (secondary N) is 1. The summed E-state index contributed by atoms with van der Waals surface area (Å²) < 4.78 is 5.77. The summed E-state index contributed by atoms with van der Waals surface area (Å²) >= 11 is 0. The average molecular weight is 400 g/mol. The number of hydrogen-bond acceptors (Lipinski definition) is 3. The lowest BCUT2D eigenvalue weighted by molar-refractivity contribution is -0.122. The number of carbonyl (C=O) groups excluding carboxylic acids is 2. The number of anilines is 2. The van der Waals surface area contributed by atoms with Crippen molar-refractivity contribution in [2.24, 2.45) is 5.92 Å². The first-order valence-corrected chi connectivity index (χ1v) is 10.0. The molecule has 3 aromatic carbocycles. The van der Waals surface area contributed by atoms with Gasteiger partial charge in [-0.15, -0.1) is 0 Å². The van der Waals surface area contributed by atoms with Gasteiger partial charge in [-0.2, -0.15) is 0 Å². The molecular formula is C25H24N2O3. The molecular weight excluding hydrogens is 376 g/mol. The van der Waals surface area contributed by atoms with Gasteiger partial charge in [-0.3, -0.25) is 9.59 Å². The normalized spacial score (nSPS) is 15.9. The molecule has 1 heterocycles. The van der Waals surface area contributed by atoms with Gasteiger partial charge >= 0.3 is 0 Å². The molecule has 3 aromatic rings. The summed E-state index contributed by atoms with van der Waals surface area (Å²) in [6.07, 6.45) is 0.217. The molecule has 1 saturated heterocycles. The second-order valence-electron chi connectivity index (χ2n) is 7.62. The van der Waals surface area contributed by atoms with E-state index < -0.39 is 0 Å². The summed E-state index contributed by atoms with van der Waals surface area (Å²) in [5.74, 6) is 0.904. The van der Waals surface area contributed by atoms with Gasteiger partial charge in [-0.1, -0.05) is 35.9 Å². The lowest BCUT2D eigenvalue weighted by atomic mass is 10.1. The predicted octanol–water partition coefficient (Wildman–Crippen LogP) is 5.09. The lowest BCUT2D eigenvalue weighted by Crippen LogP contribution is -2.28. The minimum atomic E-state index is -0.376. The Labute approximate surface area is 176 Å². The summed E-state index contributed by atoms with van der Waals surface area (Å²) in [5, 5.41) is 2.92. The Morgan fingerprint density at radius 2 is 1.67 bits per heavy atom. The van der Waals surface area contributed by atoms with Crippen LogP contribution in [0.4, 0.5) is 11.4 Å². The van der Waals surface area contributed by atoms with Crippen LogP contribution >= 0.6 is 0 Å². The van der Waals surface area contributed by atoms with Crippen molar-refractivity contribution in [3.63, 3.8) is 0 Å². The largest absolute Gasteiger partial charge is 0.457 e. The Balaban J connectivity index is 1.39. The number of benzene rings is 3. The fraction of sp³-hybridized carbons (Fsp3) is 0.200. The minimum Gasteiger partial charge on any atom is -0.457 e. The quantitative estimate of drug-likeness (QED) is 0.649. The third-order valence-electron chi connectivity index (χ3n) is 5.24. The van der Waals surface area contributed by atoms with Crippen molar-refractivity contribution in [2.45, 2.75) is 20.3 Å². The molecule has 5 heteroatoms. The molecule has 0 saturated carbocycles. The van der Waals surface area contributed by atoms with E-state index in [9.17, 15) is 9.59 Å². The van der Waals surface area contributed by atoms with Crippen LogP contribution in [0.1, 0.15) is 17.5 Å². The lowest BCUT2D eigenvalue weighted by Gasteiger charge is -2.19. The fourth-order valence-corrected chi connectivity index (χ4v) is 3.70. The molecule has 4 rings (SSSR count). The maximum absolute atomic E-state index is 12.7. The average Bonchev–Trinajstić information content (AvgIpc) is 3.12. The molecule has 1 fully saturated rings. The van der Waals surface area contributed by atoms with Crippen molar-refractivity contribution in [2.75, 3.05) is 16.8 Å². The van der Waals surface area contributed by atoms with Gasteiger partial charge in [0, 0.05) is 24.3 Å².